The lowest BCUT2D eigenvalue weighted by Crippen LogP contribution is -2.31. The van der Waals surface area contributed by atoms with Crippen LogP contribution in [0.3, 0.4) is 0 Å². The van der Waals surface area contributed by atoms with Crippen LogP contribution in [0.2, 0.25) is 0 Å². The smallest absolute Gasteiger partial charge is 0.359 e. The van der Waals surface area contributed by atoms with Crippen molar-refractivity contribution in [3.63, 3.8) is 0 Å². The third kappa shape index (κ3) is 5.40. The lowest BCUT2D eigenvalue weighted by atomic mass is 10.2. The Hall–Kier alpha value is -2.07. The molecule has 0 aliphatic rings. The minimum Gasteiger partial charge on any atom is -0.359 e. The van der Waals surface area contributed by atoms with Gasteiger partial charge in [-0.15, -0.1) is 0 Å². The highest BCUT2D eigenvalue weighted by Gasteiger charge is 2.29. The molecule has 0 aliphatic carbocycles. The van der Waals surface area contributed by atoms with Crippen molar-refractivity contribution >= 4 is 11.6 Å². The van der Waals surface area contributed by atoms with Crippen molar-refractivity contribution in [2.24, 2.45) is 0 Å². The minimum absolute atomic E-state index is 0.325. The van der Waals surface area contributed by atoms with Crippen LogP contribution in [0, 0.1) is 11.3 Å². The number of halogens is 3. The van der Waals surface area contributed by atoms with Crippen LogP contribution < -0.4 is 5.32 Å². The van der Waals surface area contributed by atoms with Gasteiger partial charge in [0.1, 0.15) is 12.7 Å². The molecule has 1 N–H and O–H groups in total. The highest BCUT2D eigenvalue weighted by molar-refractivity contribution is 5.94. The molecule has 0 aromatic heterocycles. The van der Waals surface area contributed by atoms with Crippen LogP contribution in [0.25, 0.3) is 0 Å². The first-order valence-electron chi connectivity index (χ1n) is 5.31. The van der Waals surface area contributed by atoms with Gasteiger partial charge in [0.05, 0.1) is 11.6 Å². The van der Waals surface area contributed by atoms with Gasteiger partial charge < -0.3 is 10.1 Å². The Morgan fingerprint density at radius 3 is 2.79 bits per heavy atom. The van der Waals surface area contributed by atoms with E-state index < -0.39 is 24.8 Å². The van der Waals surface area contributed by atoms with Crippen LogP contribution in [0.1, 0.15) is 12.5 Å². The molecule has 0 bridgehead atoms. The Bertz CT molecular complexity index is 494. The molecule has 1 atom stereocenters. The van der Waals surface area contributed by atoms with Crippen LogP contribution >= 0.6 is 0 Å². The quantitative estimate of drug-likeness (QED) is 0.915. The predicted molar refractivity (Wildman–Crippen MR) is 61.3 cm³/mol. The summed E-state index contributed by atoms with van der Waals surface area (Å²) in [6, 6.07) is 7.91. The zero-order valence-corrected chi connectivity index (χ0v) is 9.99. The van der Waals surface area contributed by atoms with Crippen molar-refractivity contribution < 1.29 is 22.7 Å². The second kappa shape index (κ2) is 6.20. The first-order chi connectivity index (χ1) is 8.81. The molecule has 0 saturated carbocycles. The molecular formula is C12H11F3N2O2. The van der Waals surface area contributed by atoms with E-state index in [-0.39, 0.29) is 0 Å². The molecule has 0 heterocycles. The summed E-state index contributed by atoms with van der Waals surface area (Å²) in [6.07, 6.45) is -5.72. The van der Waals surface area contributed by atoms with Gasteiger partial charge in [-0.3, -0.25) is 4.79 Å². The Balaban J connectivity index is 2.57. The number of hydrogen-bond acceptors (Lipinski definition) is 3. The molecule has 0 spiro atoms. The summed E-state index contributed by atoms with van der Waals surface area (Å²) in [6.45, 7) is -0.269. The SMILES string of the molecule is C[C@@H](OCC(F)(F)F)C(=O)Nc1cccc(C#N)c1. The third-order valence-electron chi connectivity index (χ3n) is 2.13. The lowest BCUT2D eigenvalue weighted by molar-refractivity contribution is -0.184. The van der Waals surface area contributed by atoms with E-state index in [9.17, 15) is 18.0 Å². The van der Waals surface area contributed by atoms with Crippen molar-refractivity contribution in [2.45, 2.75) is 19.2 Å². The van der Waals surface area contributed by atoms with E-state index >= 15 is 0 Å². The number of rotatable bonds is 4. The van der Waals surface area contributed by atoms with E-state index in [1.165, 1.54) is 19.1 Å². The fraction of sp³-hybridized carbons (Fsp3) is 0.333. The highest BCUT2D eigenvalue weighted by Crippen LogP contribution is 2.16. The monoisotopic (exact) mass is 272 g/mol. The van der Waals surface area contributed by atoms with Crippen LogP contribution in [0.5, 0.6) is 0 Å². The topological polar surface area (TPSA) is 62.1 Å². The van der Waals surface area contributed by atoms with Gasteiger partial charge in [-0.2, -0.15) is 18.4 Å². The number of ether oxygens (including phenoxy) is 1. The molecule has 1 aromatic carbocycles. The number of nitrogens with one attached hydrogen (secondary N) is 1. The Morgan fingerprint density at radius 2 is 2.21 bits per heavy atom. The third-order valence-corrected chi connectivity index (χ3v) is 2.13. The Labute approximate surface area is 107 Å². The maximum atomic E-state index is 11.9. The van der Waals surface area contributed by atoms with Crippen molar-refractivity contribution in [1.29, 1.82) is 5.26 Å². The van der Waals surface area contributed by atoms with Gasteiger partial charge in [0, 0.05) is 5.69 Å². The number of hydrogen-bond donors (Lipinski definition) is 1. The zero-order valence-electron chi connectivity index (χ0n) is 9.99. The minimum atomic E-state index is -4.48. The molecule has 1 amide bonds. The van der Waals surface area contributed by atoms with Gasteiger partial charge >= 0.3 is 6.18 Å². The van der Waals surface area contributed by atoms with Crippen molar-refractivity contribution in [3.8, 4) is 6.07 Å². The molecule has 0 saturated heterocycles. The average molecular weight is 272 g/mol. The largest absolute Gasteiger partial charge is 0.411 e. The molecule has 0 aliphatic heterocycles. The normalized spacial score (nSPS) is 12.6. The van der Waals surface area contributed by atoms with Crippen molar-refractivity contribution in [2.75, 3.05) is 11.9 Å². The standard InChI is InChI=1S/C12H11F3N2O2/c1-8(19-7-12(13,14)15)11(18)17-10-4-2-3-9(5-10)6-16/h2-5,8H,7H2,1H3,(H,17,18)/t8-/m1/s1. The second-order valence-electron chi connectivity index (χ2n) is 3.75. The van der Waals surface area contributed by atoms with E-state index in [4.69, 9.17) is 5.26 Å². The number of amides is 1. The molecular weight excluding hydrogens is 261 g/mol. The average Bonchev–Trinajstić information content (AvgIpc) is 2.35. The summed E-state index contributed by atoms with van der Waals surface area (Å²) in [5.74, 6) is -0.709. The summed E-state index contributed by atoms with van der Waals surface area (Å²) in [4.78, 5) is 11.5. The summed E-state index contributed by atoms with van der Waals surface area (Å²) in [7, 11) is 0. The van der Waals surface area contributed by atoms with Crippen LogP contribution in [0.15, 0.2) is 24.3 Å². The van der Waals surface area contributed by atoms with Crippen molar-refractivity contribution in [1.82, 2.24) is 0 Å². The van der Waals surface area contributed by atoms with E-state index in [0.29, 0.717) is 11.3 Å². The number of carbonyl (C=O) groups is 1. The molecule has 4 nitrogen and oxygen atoms in total. The first kappa shape index (κ1) is 15.0. The molecule has 0 unspecified atom stereocenters. The fourth-order valence-electron chi connectivity index (χ4n) is 1.21. The van der Waals surface area contributed by atoms with Gasteiger partial charge in [-0.05, 0) is 25.1 Å². The number of anilines is 1. The maximum Gasteiger partial charge on any atom is 0.411 e. The number of carbonyl (C=O) groups excluding carboxylic acids is 1. The van der Waals surface area contributed by atoms with Gasteiger partial charge in [0.2, 0.25) is 0 Å². The number of benzene rings is 1. The predicted octanol–water partition coefficient (Wildman–Crippen LogP) is 2.46. The summed E-state index contributed by atoms with van der Waals surface area (Å²) < 4.78 is 40.1. The molecule has 1 aromatic rings. The maximum absolute atomic E-state index is 11.9. The molecule has 1 rings (SSSR count). The summed E-state index contributed by atoms with van der Waals surface area (Å²) >= 11 is 0. The van der Waals surface area contributed by atoms with Gasteiger partial charge in [0.25, 0.3) is 5.91 Å². The van der Waals surface area contributed by atoms with Crippen LogP contribution in [0.4, 0.5) is 18.9 Å². The first-order valence-corrected chi connectivity index (χ1v) is 5.31. The number of alkyl halides is 3. The number of nitriles is 1. The Morgan fingerprint density at radius 1 is 1.53 bits per heavy atom. The molecule has 19 heavy (non-hydrogen) atoms. The molecule has 7 heteroatoms. The van der Waals surface area contributed by atoms with Crippen molar-refractivity contribution in [3.05, 3.63) is 29.8 Å². The lowest BCUT2D eigenvalue weighted by Gasteiger charge is -2.14. The van der Waals surface area contributed by atoms with E-state index in [1.807, 2.05) is 6.07 Å². The zero-order chi connectivity index (χ0) is 14.5. The van der Waals surface area contributed by atoms with Gasteiger partial charge in [-0.1, -0.05) is 6.07 Å². The fourth-order valence-corrected chi connectivity index (χ4v) is 1.21. The summed E-state index contributed by atoms with van der Waals surface area (Å²) in [5, 5.41) is 11.0. The number of nitrogens with zero attached hydrogens (tertiary/aromatic N) is 1. The second-order valence-corrected chi connectivity index (χ2v) is 3.75. The summed E-state index contributed by atoms with van der Waals surface area (Å²) in [5.41, 5.74) is 0.660. The Kier molecular flexibility index (Phi) is 4.89. The van der Waals surface area contributed by atoms with E-state index in [0.717, 1.165) is 0 Å². The van der Waals surface area contributed by atoms with Crippen LogP contribution in [-0.4, -0.2) is 24.8 Å². The molecule has 102 valence electrons. The molecule has 0 radical (unpaired) electrons. The van der Waals surface area contributed by atoms with Gasteiger partial charge in [0.15, 0.2) is 0 Å². The van der Waals surface area contributed by atoms with E-state index in [2.05, 4.69) is 10.1 Å². The molecule has 0 fully saturated rings. The van der Waals surface area contributed by atoms with Crippen LogP contribution in [-0.2, 0) is 9.53 Å². The highest BCUT2D eigenvalue weighted by atomic mass is 19.4. The van der Waals surface area contributed by atoms with Gasteiger partial charge in [-0.25, -0.2) is 0 Å². The van der Waals surface area contributed by atoms with E-state index in [1.54, 1.807) is 12.1 Å².